The molecule has 0 heterocycles. The van der Waals surface area contributed by atoms with Gasteiger partial charge in [-0.3, -0.25) is 0 Å². The summed E-state index contributed by atoms with van der Waals surface area (Å²) < 4.78 is 5.67. The minimum absolute atomic E-state index is 0.488. The lowest BCUT2D eigenvalue weighted by molar-refractivity contribution is 0.397. The first-order valence-electron chi connectivity index (χ1n) is 6.66. The first kappa shape index (κ1) is 12.4. The number of fused-ring (bicyclic) bond motifs is 1. The smallest absolute Gasteiger partial charge is 0.125 e. The summed E-state index contributed by atoms with van der Waals surface area (Å²) >= 11 is 0. The molecule has 0 spiro atoms. The first-order chi connectivity index (χ1) is 8.27. The van der Waals surface area contributed by atoms with Gasteiger partial charge in [-0.05, 0) is 61.3 Å². The van der Waals surface area contributed by atoms with Crippen molar-refractivity contribution in [3.05, 3.63) is 28.8 Å². The van der Waals surface area contributed by atoms with E-state index >= 15 is 0 Å². The van der Waals surface area contributed by atoms with Crippen LogP contribution in [0, 0.1) is 0 Å². The van der Waals surface area contributed by atoms with Gasteiger partial charge in [-0.2, -0.15) is 0 Å². The summed E-state index contributed by atoms with van der Waals surface area (Å²) in [6.45, 7) is 2.97. The molecule has 1 atom stereocenters. The Morgan fingerprint density at radius 2 is 2.06 bits per heavy atom. The van der Waals surface area contributed by atoms with E-state index < -0.39 is 0 Å². The van der Waals surface area contributed by atoms with Crippen molar-refractivity contribution in [3.8, 4) is 5.75 Å². The SMILES string of the molecule is COc1c(C(C)CCN)ccc2c1CCCC2. The maximum atomic E-state index is 5.67. The lowest BCUT2D eigenvalue weighted by Gasteiger charge is -2.23. The zero-order valence-electron chi connectivity index (χ0n) is 11.0. The van der Waals surface area contributed by atoms with Crippen LogP contribution in [0.5, 0.6) is 5.75 Å². The number of benzene rings is 1. The van der Waals surface area contributed by atoms with Crippen molar-refractivity contribution in [1.29, 1.82) is 0 Å². The number of aryl methyl sites for hydroxylation is 1. The van der Waals surface area contributed by atoms with Gasteiger partial charge in [-0.1, -0.05) is 19.1 Å². The molecular formula is C15H23NO. The second kappa shape index (κ2) is 5.54. The van der Waals surface area contributed by atoms with Gasteiger partial charge < -0.3 is 10.5 Å². The first-order valence-corrected chi connectivity index (χ1v) is 6.66. The summed E-state index contributed by atoms with van der Waals surface area (Å²) in [7, 11) is 1.79. The Hall–Kier alpha value is -1.02. The molecule has 0 aromatic heterocycles. The van der Waals surface area contributed by atoms with Crippen LogP contribution in [0.25, 0.3) is 0 Å². The van der Waals surface area contributed by atoms with Crippen molar-refractivity contribution in [2.24, 2.45) is 5.73 Å². The fourth-order valence-electron chi connectivity index (χ4n) is 2.85. The number of hydrogen-bond acceptors (Lipinski definition) is 2. The minimum Gasteiger partial charge on any atom is -0.496 e. The number of methoxy groups -OCH3 is 1. The Kier molecular flexibility index (Phi) is 4.06. The molecule has 0 amide bonds. The second-order valence-corrected chi connectivity index (χ2v) is 5.01. The molecule has 0 saturated carbocycles. The van der Waals surface area contributed by atoms with Crippen molar-refractivity contribution >= 4 is 0 Å². The molecule has 0 bridgehead atoms. The topological polar surface area (TPSA) is 35.2 Å². The van der Waals surface area contributed by atoms with Crippen molar-refractivity contribution in [3.63, 3.8) is 0 Å². The highest BCUT2D eigenvalue weighted by Crippen LogP contribution is 2.37. The van der Waals surface area contributed by atoms with Crippen LogP contribution in [-0.2, 0) is 12.8 Å². The van der Waals surface area contributed by atoms with Crippen molar-refractivity contribution in [2.45, 2.75) is 44.9 Å². The van der Waals surface area contributed by atoms with Crippen molar-refractivity contribution in [1.82, 2.24) is 0 Å². The number of rotatable bonds is 4. The van der Waals surface area contributed by atoms with Crippen LogP contribution in [0.1, 0.15) is 48.8 Å². The van der Waals surface area contributed by atoms with Gasteiger partial charge in [-0.25, -0.2) is 0 Å². The fourth-order valence-corrected chi connectivity index (χ4v) is 2.85. The molecule has 1 aliphatic rings. The predicted molar refractivity (Wildman–Crippen MR) is 71.7 cm³/mol. The lowest BCUT2D eigenvalue weighted by atomic mass is 9.86. The number of nitrogens with two attached hydrogens (primary N) is 1. The van der Waals surface area contributed by atoms with Gasteiger partial charge in [0.25, 0.3) is 0 Å². The molecule has 1 aromatic carbocycles. The quantitative estimate of drug-likeness (QED) is 0.867. The highest BCUT2D eigenvalue weighted by Gasteiger charge is 2.19. The van der Waals surface area contributed by atoms with Gasteiger partial charge in [0.2, 0.25) is 0 Å². The molecule has 2 nitrogen and oxygen atoms in total. The summed E-state index contributed by atoms with van der Waals surface area (Å²) in [5.41, 5.74) is 9.92. The third-order valence-electron chi connectivity index (χ3n) is 3.85. The maximum Gasteiger partial charge on any atom is 0.125 e. The van der Waals surface area contributed by atoms with Gasteiger partial charge in [0.1, 0.15) is 5.75 Å². The highest BCUT2D eigenvalue weighted by atomic mass is 16.5. The summed E-state index contributed by atoms with van der Waals surface area (Å²) in [5, 5.41) is 0. The average molecular weight is 233 g/mol. The zero-order valence-corrected chi connectivity index (χ0v) is 11.0. The van der Waals surface area contributed by atoms with Crippen LogP contribution >= 0.6 is 0 Å². The molecule has 94 valence electrons. The van der Waals surface area contributed by atoms with E-state index in [4.69, 9.17) is 10.5 Å². The van der Waals surface area contributed by atoms with Crippen LogP contribution in [-0.4, -0.2) is 13.7 Å². The number of hydrogen-bond donors (Lipinski definition) is 1. The largest absolute Gasteiger partial charge is 0.496 e. The highest BCUT2D eigenvalue weighted by molar-refractivity contribution is 5.49. The molecule has 0 aliphatic heterocycles. The van der Waals surface area contributed by atoms with Crippen LogP contribution in [0.15, 0.2) is 12.1 Å². The molecule has 0 radical (unpaired) electrons. The van der Waals surface area contributed by atoms with Crippen LogP contribution in [0.4, 0.5) is 0 Å². The van der Waals surface area contributed by atoms with E-state index in [1.807, 2.05) is 0 Å². The second-order valence-electron chi connectivity index (χ2n) is 5.01. The molecule has 0 saturated heterocycles. The average Bonchev–Trinajstić information content (AvgIpc) is 2.37. The Morgan fingerprint density at radius 3 is 2.76 bits per heavy atom. The lowest BCUT2D eigenvalue weighted by Crippen LogP contribution is -2.10. The zero-order chi connectivity index (χ0) is 12.3. The van der Waals surface area contributed by atoms with E-state index in [0.29, 0.717) is 5.92 Å². The van der Waals surface area contributed by atoms with Gasteiger partial charge >= 0.3 is 0 Å². The van der Waals surface area contributed by atoms with Crippen LogP contribution in [0.3, 0.4) is 0 Å². The maximum absolute atomic E-state index is 5.67. The van der Waals surface area contributed by atoms with Gasteiger partial charge in [0, 0.05) is 0 Å². The Morgan fingerprint density at radius 1 is 1.29 bits per heavy atom. The Bertz CT molecular complexity index is 387. The molecule has 17 heavy (non-hydrogen) atoms. The third-order valence-corrected chi connectivity index (χ3v) is 3.85. The molecule has 2 N–H and O–H groups in total. The van der Waals surface area contributed by atoms with E-state index in [2.05, 4.69) is 19.1 Å². The normalized spacial score (nSPS) is 16.4. The summed E-state index contributed by atoms with van der Waals surface area (Å²) in [5.74, 6) is 1.62. The van der Waals surface area contributed by atoms with Crippen molar-refractivity contribution in [2.75, 3.05) is 13.7 Å². The van der Waals surface area contributed by atoms with Crippen LogP contribution < -0.4 is 10.5 Å². The molecule has 1 aromatic rings. The molecule has 2 heteroatoms. The van der Waals surface area contributed by atoms with E-state index in [0.717, 1.165) is 18.7 Å². The van der Waals surface area contributed by atoms with Gasteiger partial charge in [0.15, 0.2) is 0 Å². The molecule has 0 fully saturated rings. The molecule has 1 unspecified atom stereocenters. The summed E-state index contributed by atoms with van der Waals surface area (Å²) in [6.07, 6.45) is 6.00. The standard InChI is InChI=1S/C15H23NO/c1-11(9-10-16)13-8-7-12-5-3-4-6-14(12)15(13)17-2/h7-8,11H,3-6,9-10,16H2,1-2H3. The number of ether oxygens (including phenoxy) is 1. The van der Waals surface area contributed by atoms with Crippen molar-refractivity contribution < 1.29 is 4.74 Å². The van der Waals surface area contributed by atoms with Gasteiger partial charge in [0.05, 0.1) is 7.11 Å². The van der Waals surface area contributed by atoms with E-state index in [9.17, 15) is 0 Å². The van der Waals surface area contributed by atoms with E-state index in [1.165, 1.54) is 42.4 Å². The summed E-state index contributed by atoms with van der Waals surface area (Å²) in [6, 6.07) is 4.53. The Labute approximate surface area is 104 Å². The Balaban J connectivity index is 2.39. The summed E-state index contributed by atoms with van der Waals surface area (Å²) in [4.78, 5) is 0. The van der Waals surface area contributed by atoms with Crippen LogP contribution in [0.2, 0.25) is 0 Å². The molecule has 1 aliphatic carbocycles. The molecule has 2 rings (SSSR count). The van der Waals surface area contributed by atoms with Gasteiger partial charge in [-0.15, -0.1) is 0 Å². The van der Waals surface area contributed by atoms with E-state index in [1.54, 1.807) is 7.11 Å². The molecular weight excluding hydrogens is 210 g/mol. The monoisotopic (exact) mass is 233 g/mol. The minimum atomic E-state index is 0.488. The third kappa shape index (κ3) is 2.47. The van der Waals surface area contributed by atoms with E-state index in [-0.39, 0.29) is 0 Å². The fraction of sp³-hybridized carbons (Fsp3) is 0.600. The predicted octanol–water partition coefficient (Wildman–Crippen LogP) is 3.03.